The van der Waals surface area contributed by atoms with Crippen molar-refractivity contribution in [1.82, 2.24) is 9.78 Å². The maximum Gasteiger partial charge on any atom is 0.359 e. The van der Waals surface area contributed by atoms with Crippen LogP contribution in [0.1, 0.15) is 27.8 Å². The average Bonchev–Trinajstić information content (AvgIpc) is 2.84. The lowest BCUT2D eigenvalue weighted by Gasteiger charge is -2.01. The van der Waals surface area contributed by atoms with Gasteiger partial charge in [0.1, 0.15) is 5.75 Å². The van der Waals surface area contributed by atoms with E-state index in [4.69, 9.17) is 4.74 Å². The van der Waals surface area contributed by atoms with Crippen molar-refractivity contribution < 1.29 is 19.4 Å². The van der Waals surface area contributed by atoms with Crippen molar-refractivity contribution in [3.63, 3.8) is 0 Å². The lowest BCUT2D eigenvalue weighted by Crippen LogP contribution is -2.08. The van der Waals surface area contributed by atoms with Gasteiger partial charge in [0.2, 0.25) is 0 Å². The molecule has 0 bridgehead atoms. The SMILES string of the molecule is CCOC(=O)c1nn(-c2ccc(O)cc2)cc1C=O. The zero-order valence-corrected chi connectivity index (χ0v) is 10.2. The van der Waals surface area contributed by atoms with Crippen LogP contribution in [-0.4, -0.2) is 33.7 Å². The van der Waals surface area contributed by atoms with Crippen LogP contribution in [0.5, 0.6) is 5.75 Å². The quantitative estimate of drug-likeness (QED) is 0.666. The Morgan fingerprint density at radius 3 is 2.68 bits per heavy atom. The molecule has 19 heavy (non-hydrogen) atoms. The second-order valence-corrected chi connectivity index (χ2v) is 3.73. The Labute approximate surface area is 109 Å². The standard InChI is InChI=1S/C13H12N2O4/c1-2-19-13(18)12-9(8-16)7-15(14-12)10-3-5-11(17)6-4-10/h3-8,17H,2H2,1H3. The Morgan fingerprint density at radius 2 is 2.11 bits per heavy atom. The van der Waals surface area contributed by atoms with Crippen molar-refractivity contribution >= 4 is 12.3 Å². The zero-order valence-electron chi connectivity index (χ0n) is 10.2. The van der Waals surface area contributed by atoms with Crippen LogP contribution in [-0.2, 0) is 4.74 Å². The minimum absolute atomic E-state index is 0.0232. The van der Waals surface area contributed by atoms with E-state index in [0.717, 1.165) is 0 Å². The summed E-state index contributed by atoms with van der Waals surface area (Å²) in [5.41, 5.74) is 0.757. The molecule has 0 aliphatic heterocycles. The van der Waals surface area contributed by atoms with Crippen LogP contribution in [0.2, 0.25) is 0 Å². The number of hydrogen-bond donors (Lipinski definition) is 1. The van der Waals surface area contributed by atoms with Gasteiger partial charge in [0, 0.05) is 6.20 Å². The Bertz CT molecular complexity index is 602. The van der Waals surface area contributed by atoms with Gasteiger partial charge < -0.3 is 9.84 Å². The molecule has 0 saturated heterocycles. The van der Waals surface area contributed by atoms with Gasteiger partial charge in [-0.15, -0.1) is 0 Å². The number of hydrogen-bond acceptors (Lipinski definition) is 5. The lowest BCUT2D eigenvalue weighted by molar-refractivity contribution is 0.0517. The number of phenolic OH excluding ortho intramolecular Hbond substituents is 1. The van der Waals surface area contributed by atoms with E-state index in [0.29, 0.717) is 12.0 Å². The molecule has 1 aromatic heterocycles. The summed E-state index contributed by atoms with van der Waals surface area (Å²) in [5.74, 6) is -0.515. The Morgan fingerprint density at radius 1 is 1.42 bits per heavy atom. The first-order valence-electron chi connectivity index (χ1n) is 5.67. The average molecular weight is 260 g/mol. The summed E-state index contributed by atoms with van der Waals surface area (Å²) in [6, 6.07) is 6.21. The number of aromatic nitrogens is 2. The summed E-state index contributed by atoms with van der Waals surface area (Å²) in [6.45, 7) is 1.89. The number of aldehydes is 1. The molecule has 2 rings (SSSR count). The minimum atomic E-state index is -0.637. The number of ether oxygens (including phenoxy) is 1. The van der Waals surface area contributed by atoms with E-state index in [9.17, 15) is 14.7 Å². The predicted octanol–water partition coefficient (Wildman–Crippen LogP) is 1.57. The van der Waals surface area contributed by atoms with E-state index in [1.807, 2.05) is 0 Å². The molecular weight excluding hydrogens is 248 g/mol. The smallest absolute Gasteiger partial charge is 0.359 e. The Kier molecular flexibility index (Phi) is 3.61. The van der Waals surface area contributed by atoms with Crippen molar-refractivity contribution in [2.75, 3.05) is 6.61 Å². The molecule has 0 amide bonds. The summed E-state index contributed by atoms with van der Waals surface area (Å²) in [6.07, 6.45) is 1.99. The minimum Gasteiger partial charge on any atom is -0.508 e. The van der Waals surface area contributed by atoms with Gasteiger partial charge in [0.25, 0.3) is 0 Å². The molecular formula is C13H12N2O4. The van der Waals surface area contributed by atoms with Crippen molar-refractivity contribution in [3.8, 4) is 11.4 Å². The van der Waals surface area contributed by atoms with Crippen molar-refractivity contribution in [2.45, 2.75) is 6.92 Å². The molecule has 0 aliphatic carbocycles. The normalized spacial score (nSPS) is 10.2. The van der Waals surface area contributed by atoms with E-state index in [2.05, 4.69) is 5.10 Å². The van der Waals surface area contributed by atoms with Gasteiger partial charge in [-0.05, 0) is 31.2 Å². The third-order valence-electron chi connectivity index (χ3n) is 2.45. The topological polar surface area (TPSA) is 81.4 Å². The number of carbonyl (C=O) groups excluding carboxylic acids is 2. The molecule has 1 N–H and O–H groups in total. The summed E-state index contributed by atoms with van der Waals surface area (Å²) in [5, 5.41) is 13.2. The Hall–Kier alpha value is -2.63. The molecule has 0 saturated carbocycles. The van der Waals surface area contributed by atoms with Gasteiger partial charge in [-0.2, -0.15) is 5.10 Å². The fourth-order valence-electron chi connectivity index (χ4n) is 1.57. The number of rotatable bonds is 4. The largest absolute Gasteiger partial charge is 0.508 e. The zero-order chi connectivity index (χ0) is 13.8. The molecule has 0 atom stereocenters. The molecule has 0 spiro atoms. The number of nitrogens with zero attached hydrogens (tertiary/aromatic N) is 2. The molecule has 6 heteroatoms. The fourth-order valence-corrected chi connectivity index (χ4v) is 1.57. The lowest BCUT2D eigenvalue weighted by atomic mass is 10.3. The number of aromatic hydroxyl groups is 1. The molecule has 0 radical (unpaired) electrons. The monoisotopic (exact) mass is 260 g/mol. The maximum absolute atomic E-state index is 11.6. The number of phenols is 1. The van der Waals surface area contributed by atoms with Gasteiger partial charge in [-0.3, -0.25) is 4.79 Å². The molecule has 98 valence electrons. The second-order valence-electron chi connectivity index (χ2n) is 3.73. The van der Waals surface area contributed by atoms with Crippen LogP contribution in [0.15, 0.2) is 30.5 Å². The van der Waals surface area contributed by atoms with Gasteiger partial charge in [-0.1, -0.05) is 0 Å². The number of benzene rings is 1. The molecule has 2 aromatic rings. The molecule has 1 heterocycles. The number of esters is 1. The van der Waals surface area contributed by atoms with Crippen LogP contribution in [0.3, 0.4) is 0 Å². The van der Waals surface area contributed by atoms with Crippen molar-refractivity contribution in [1.29, 1.82) is 0 Å². The van der Waals surface area contributed by atoms with Crippen LogP contribution in [0.4, 0.5) is 0 Å². The highest BCUT2D eigenvalue weighted by atomic mass is 16.5. The second kappa shape index (κ2) is 5.34. The van der Waals surface area contributed by atoms with Gasteiger partial charge in [-0.25, -0.2) is 9.48 Å². The van der Waals surface area contributed by atoms with Crippen molar-refractivity contribution in [2.24, 2.45) is 0 Å². The highest BCUT2D eigenvalue weighted by Crippen LogP contribution is 2.15. The predicted molar refractivity (Wildman–Crippen MR) is 66.6 cm³/mol. The summed E-state index contributed by atoms with van der Waals surface area (Å²) in [4.78, 5) is 22.6. The third-order valence-corrected chi connectivity index (χ3v) is 2.45. The highest BCUT2D eigenvalue weighted by Gasteiger charge is 2.18. The van der Waals surface area contributed by atoms with Crippen LogP contribution < -0.4 is 0 Å². The highest BCUT2D eigenvalue weighted by molar-refractivity contribution is 5.96. The first kappa shape index (κ1) is 12.8. The third kappa shape index (κ3) is 2.62. The van der Waals surface area contributed by atoms with E-state index >= 15 is 0 Å². The molecule has 1 aromatic carbocycles. The first-order chi connectivity index (χ1) is 9.15. The molecule has 0 unspecified atom stereocenters. The fraction of sp³-hybridized carbons (Fsp3) is 0.154. The maximum atomic E-state index is 11.6. The summed E-state index contributed by atoms with van der Waals surface area (Å²) >= 11 is 0. The van der Waals surface area contributed by atoms with Crippen molar-refractivity contribution in [3.05, 3.63) is 41.7 Å². The Balaban J connectivity index is 2.40. The van der Waals surface area contributed by atoms with E-state index in [1.165, 1.54) is 23.0 Å². The molecule has 6 nitrogen and oxygen atoms in total. The van der Waals surface area contributed by atoms with Gasteiger partial charge >= 0.3 is 5.97 Å². The van der Waals surface area contributed by atoms with Crippen LogP contribution in [0.25, 0.3) is 5.69 Å². The van der Waals surface area contributed by atoms with Gasteiger partial charge in [0.15, 0.2) is 12.0 Å². The number of carbonyl (C=O) groups is 2. The summed E-state index contributed by atoms with van der Waals surface area (Å²) < 4.78 is 6.21. The molecule has 0 fully saturated rings. The first-order valence-corrected chi connectivity index (χ1v) is 5.67. The van der Waals surface area contributed by atoms with Crippen LogP contribution in [0, 0.1) is 0 Å². The van der Waals surface area contributed by atoms with E-state index < -0.39 is 5.97 Å². The molecule has 0 aliphatic rings. The van der Waals surface area contributed by atoms with E-state index in [-0.39, 0.29) is 23.6 Å². The van der Waals surface area contributed by atoms with Gasteiger partial charge in [0.05, 0.1) is 17.9 Å². The van der Waals surface area contributed by atoms with E-state index in [1.54, 1.807) is 19.1 Å². The van der Waals surface area contributed by atoms with Crippen LogP contribution >= 0.6 is 0 Å². The summed E-state index contributed by atoms with van der Waals surface area (Å²) in [7, 11) is 0.